The van der Waals surface area contributed by atoms with Gasteiger partial charge in [-0.3, -0.25) is 4.79 Å². The number of likely N-dealkylation sites (tertiary alicyclic amines) is 1. The Morgan fingerprint density at radius 1 is 1.30 bits per heavy atom. The van der Waals surface area contributed by atoms with Gasteiger partial charge >= 0.3 is 0 Å². The number of aromatic nitrogens is 1. The van der Waals surface area contributed by atoms with Crippen molar-refractivity contribution in [2.45, 2.75) is 25.7 Å². The number of aryl methyl sites for hydroxylation is 1. The molecule has 0 bridgehead atoms. The zero-order chi connectivity index (χ0) is 15.8. The van der Waals surface area contributed by atoms with Gasteiger partial charge in [0.1, 0.15) is 5.76 Å². The molecule has 1 aromatic carbocycles. The van der Waals surface area contributed by atoms with Crippen LogP contribution in [0.25, 0.3) is 10.2 Å². The SMILES string of the molecule is Cc1ccc(C(=O)N2CCC[C@@H](c3nc4ccccc4s3)C2)o1. The molecule has 1 atom stereocenters. The lowest BCUT2D eigenvalue weighted by Crippen LogP contribution is -2.38. The van der Waals surface area contributed by atoms with Gasteiger partial charge in [0, 0.05) is 19.0 Å². The van der Waals surface area contributed by atoms with Crippen LogP contribution in [0.4, 0.5) is 0 Å². The Kier molecular flexibility index (Phi) is 3.65. The van der Waals surface area contributed by atoms with Crippen LogP contribution in [0.3, 0.4) is 0 Å². The Hall–Kier alpha value is -2.14. The highest BCUT2D eigenvalue weighted by atomic mass is 32.1. The number of carbonyl (C=O) groups excluding carboxylic acids is 1. The fraction of sp³-hybridized carbons (Fsp3) is 0.333. The first-order chi connectivity index (χ1) is 11.2. The van der Waals surface area contributed by atoms with Crippen LogP contribution >= 0.6 is 11.3 Å². The van der Waals surface area contributed by atoms with E-state index in [2.05, 4.69) is 6.07 Å². The summed E-state index contributed by atoms with van der Waals surface area (Å²) >= 11 is 1.74. The van der Waals surface area contributed by atoms with Crippen molar-refractivity contribution in [1.29, 1.82) is 0 Å². The van der Waals surface area contributed by atoms with Crippen LogP contribution in [0.5, 0.6) is 0 Å². The summed E-state index contributed by atoms with van der Waals surface area (Å²) in [6, 6.07) is 11.8. The lowest BCUT2D eigenvalue weighted by atomic mass is 9.98. The van der Waals surface area contributed by atoms with E-state index in [-0.39, 0.29) is 5.91 Å². The first kappa shape index (κ1) is 14.5. The summed E-state index contributed by atoms with van der Waals surface area (Å²) in [5.41, 5.74) is 1.05. The molecule has 3 aromatic rings. The van der Waals surface area contributed by atoms with Crippen LogP contribution in [0.1, 0.15) is 40.1 Å². The number of benzene rings is 1. The Morgan fingerprint density at radius 3 is 2.96 bits per heavy atom. The van der Waals surface area contributed by atoms with Gasteiger partial charge in [-0.2, -0.15) is 0 Å². The molecule has 1 aliphatic heterocycles. The number of fused-ring (bicyclic) bond motifs is 1. The van der Waals surface area contributed by atoms with Crippen LogP contribution in [0.2, 0.25) is 0 Å². The normalized spacial score (nSPS) is 18.5. The monoisotopic (exact) mass is 326 g/mol. The topological polar surface area (TPSA) is 46.3 Å². The summed E-state index contributed by atoms with van der Waals surface area (Å²) in [6.45, 7) is 3.37. The average Bonchev–Trinajstić information content (AvgIpc) is 3.20. The molecule has 1 amide bonds. The van der Waals surface area contributed by atoms with E-state index in [4.69, 9.17) is 9.40 Å². The van der Waals surface area contributed by atoms with Crippen molar-refractivity contribution in [3.05, 3.63) is 52.9 Å². The number of carbonyl (C=O) groups is 1. The Morgan fingerprint density at radius 2 is 2.17 bits per heavy atom. The first-order valence-electron chi connectivity index (χ1n) is 7.92. The number of piperidine rings is 1. The van der Waals surface area contributed by atoms with Gasteiger partial charge in [-0.25, -0.2) is 4.98 Å². The lowest BCUT2D eigenvalue weighted by Gasteiger charge is -2.31. The van der Waals surface area contributed by atoms with E-state index in [0.717, 1.165) is 42.2 Å². The lowest BCUT2D eigenvalue weighted by molar-refractivity contribution is 0.0673. The van der Waals surface area contributed by atoms with E-state index in [1.165, 1.54) is 4.70 Å². The summed E-state index contributed by atoms with van der Waals surface area (Å²) < 4.78 is 6.70. The van der Waals surface area contributed by atoms with Crippen LogP contribution in [0, 0.1) is 6.92 Å². The largest absolute Gasteiger partial charge is 0.456 e. The fourth-order valence-corrected chi connectivity index (χ4v) is 4.23. The highest BCUT2D eigenvalue weighted by Crippen LogP contribution is 2.33. The molecule has 0 saturated carbocycles. The summed E-state index contributed by atoms with van der Waals surface area (Å²) in [5.74, 6) is 1.52. The molecule has 0 unspecified atom stereocenters. The van der Waals surface area contributed by atoms with Gasteiger partial charge in [-0.1, -0.05) is 12.1 Å². The minimum Gasteiger partial charge on any atom is -0.456 e. The number of nitrogens with zero attached hydrogens (tertiary/aromatic N) is 2. The second-order valence-electron chi connectivity index (χ2n) is 6.02. The van der Waals surface area contributed by atoms with E-state index >= 15 is 0 Å². The second kappa shape index (κ2) is 5.81. The Labute approximate surface area is 138 Å². The molecule has 0 aliphatic carbocycles. The maximum Gasteiger partial charge on any atom is 0.289 e. The average molecular weight is 326 g/mol. The standard InChI is InChI=1S/C18H18N2O2S/c1-12-8-9-15(22-12)18(21)20-10-4-5-13(11-20)17-19-14-6-2-3-7-16(14)23-17/h2-3,6-9,13H,4-5,10-11H2,1H3/t13-/m1/s1. The zero-order valence-electron chi connectivity index (χ0n) is 13.0. The minimum absolute atomic E-state index is 0.0103. The number of para-hydroxylation sites is 1. The molecular weight excluding hydrogens is 308 g/mol. The zero-order valence-corrected chi connectivity index (χ0v) is 13.8. The van der Waals surface area contributed by atoms with Gasteiger partial charge in [0.2, 0.25) is 0 Å². The number of thiazole rings is 1. The molecule has 1 saturated heterocycles. The van der Waals surface area contributed by atoms with E-state index in [1.54, 1.807) is 17.4 Å². The summed E-state index contributed by atoms with van der Waals surface area (Å²) in [7, 11) is 0. The van der Waals surface area contributed by atoms with Crippen LogP contribution < -0.4 is 0 Å². The van der Waals surface area contributed by atoms with Gasteiger partial charge in [0.25, 0.3) is 5.91 Å². The highest BCUT2D eigenvalue weighted by Gasteiger charge is 2.28. The molecule has 4 nitrogen and oxygen atoms in total. The van der Waals surface area contributed by atoms with Crippen LogP contribution in [-0.2, 0) is 0 Å². The number of hydrogen-bond donors (Lipinski definition) is 0. The third-order valence-electron chi connectivity index (χ3n) is 4.32. The third-order valence-corrected chi connectivity index (χ3v) is 5.52. The molecule has 5 heteroatoms. The Balaban J connectivity index is 1.55. The van der Waals surface area contributed by atoms with E-state index < -0.39 is 0 Å². The fourth-order valence-electron chi connectivity index (χ4n) is 3.13. The highest BCUT2D eigenvalue weighted by molar-refractivity contribution is 7.18. The minimum atomic E-state index is -0.0103. The molecule has 0 spiro atoms. The van der Waals surface area contributed by atoms with E-state index in [0.29, 0.717) is 11.7 Å². The molecule has 2 aromatic heterocycles. The van der Waals surface area contributed by atoms with Gasteiger partial charge < -0.3 is 9.32 Å². The molecule has 1 aliphatic rings. The van der Waals surface area contributed by atoms with Crippen LogP contribution in [0.15, 0.2) is 40.8 Å². The predicted octanol–water partition coefficient (Wildman–Crippen LogP) is 4.22. The van der Waals surface area contributed by atoms with E-state index in [1.807, 2.05) is 36.1 Å². The van der Waals surface area contributed by atoms with Crippen molar-refractivity contribution in [2.75, 3.05) is 13.1 Å². The van der Waals surface area contributed by atoms with Crippen molar-refractivity contribution < 1.29 is 9.21 Å². The summed E-state index contributed by atoms with van der Waals surface area (Å²) in [6.07, 6.45) is 2.09. The Bertz CT molecular complexity index is 818. The number of rotatable bonds is 2. The predicted molar refractivity (Wildman–Crippen MR) is 90.9 cm³/mol. The van der Waals surface area contributed by atoms with Gasteiger partial charge in [-0.15, -0.1) is 11.3 Å². The summed E-state index contributed by atoms with van der Waals surface area (Å²) in [4.78, 5) is 19.2. The maximum absolute atomic E-state index is 12.6. The van der Waals surface area contributed by atoms with Crippen molar-refractivity contribution in [2.24, 2.45) is 0 Å². The first-order valence-corrected chi connectivity index (χ1v) is 8.73. The molecular formula is C18H18N2O2S. The second-order valence-corrected chi connectivity index (χ2v) is 7.08. The molecule has 0 N–H and O–H groups in total. The van der Waals surface area contributed by atoms with Gasteiger partial charge in [0.15, 0.2) is 5.76 Å². The number of hydrogen-bond acceptors (Lipinski definition) is 4. The molecule has 0 radical (unpaired) electrons. The quantitative estimate of drug-likeness (QED) is 0.708. The van der Waals surface area contributed by atoms with E-state index in [9.17, 15) is 4.79 Å². The van der Waals surface area contributed by atoms with Crippen molar-refractivity contribution in [3.8, 4) is 0 Å². The van der Waals surface area contributed by atoms with Crippen molar-refractivity contribution in [3.63, 3.8) is 0 Å². The number of amides is 1. The number of furan rings is 1. The molecule has 23 heavy (non-hydrogen) atoms. The van der Waals surface area contributed by atoms with Crippen molar-refractivity contribution in [1.82, 2.24) is 9.88 Å². The summed E-state index contributed by atoms with van der Waals surface area (Å²) in [5, 5.41) is 1.14. The molecule has 118 valence electrons. The van der Waals surface area contributed by atoms with Gasteiger partial charge in [-0.05, 0) is 44.0 Å². The van der Waals surface area contributed by atoms with Gasteiger partial charge in [0.05, 0.1) is 15.2 Å². The van der Waals surface area contributed by atoms with Crippen LogP contribution in [-0.4, -0.2) is 28.9 Å². The third kappa shape index (κ3) is 2.77. The maximum atomic E-state index is 12.6. The smallest absolute Gasteiger partial charge is 0.289 e. The molecule has 4 rings (SSSR count). The molecule has 1 fully saturated rings. The van der Waals surface area contributed by atoms with Crippen molar-refractivity contribution >= 4 is 27.5 Å². The molecule has 3 heterocycles.